The third-order valence-corrected chi connectivity index (χ3v) is 6.80. The number of hydrogen-bond acceptors (Lipinski definition) is 4. The molecule has 0 unspecified atom stereocenters. The molecule has 4 aliphatic carbocycles. The van der Waals surface area contributed by atoms with Gasteiger partial charge in [-0.3, -0.25) is 14.0 Å². The van der Waals surface area contributed by atoms with Crippen LogP contribution >= 0.6 is 0 Å². The number of fused-ring (bicyclic) bond motifs is 1. The van der Waals surface area contributed by atoms with Crippen LogP contribution in [0.3, 0.4) is 0 Å². The number of aromatic nitrogens is 2. The van der Waals surface area contributed by atoms with Crippen LogP contribution in [-0.2, 0) is 16.1 Å². The Kier molecular flexibility index (Phi) is 3.66. The first kappa shape index (κ1) is 16.0. The minimum absolute atomic E-state index is 0.0612. The van der Waals surface area contributed by atoms with Crippen molar-refractivity contribution in [2.24, 2.45) is 29.6 Å². The first-order valence-electron chi connectivity index (χ1n) is 9.73. The van der Waals surface area contributed by atoms with Gasteiger partial charge in [-0.15, -0.1) is 0 Å². The Labute approximate surface area is 152 Å². The molecule has 0 spiro atoms. The van der Waals surface area contributed by atoms with Crippen LogP contribution in [0.2, 0.25) is 0 Å². The predicted octanol–water partition coefficient (Wildman–Crippen LogP) is 3.12. The molecule has 4 fully saturated rings. The fraction of sp³-hybridized carbons (Fsp3) is 0.571. The fourth-order valence-electron chi connectivity index (χ4n) is 5.93. The Morgan fingerprint density at radius 1 is 1.19 bits per heavy atom. The van der Waals surface area contributed by atoms with E-state index in [0.29, 0.717) is 23.2 Å². The van der Waals surface area contributed by atoms with Gasteiger partial charge in [0.25, 0.3) is 5.56 Å². The molecular weight excluding hydrogens is 328 g/mol. The molecule has 0 amide bonds. The standard InChI is InChI=1S/C21H24N2O3/c1-12-3-2-4-23-18(24)10-17(22-20(12)23)11-26-21(25)19-15-6-13-5-14(8-15)9-16(19)7-13/h2-4,10,13-16,19H,5-9,11H2,1H3. The maximum Gasteiger partial charge on any atom is 0.309 e. The van der Waals surface area contributed by atoms with Gasteiger partial charge in [0.2, 0.25) is 0 Å². The molecule has 4 saturated carbocycles. The molecule has 4 bridgehead atoms. The second kappa shape index (κ2) is 5.93. The van der Waals surface area contributed by atoms with Crippen LogP contribution in [0.5, 0.6) is 0 Å². The number of nitrogens with zero attached hydrogens (tertiary/aromatic N) is 2. The number of aryl methyl sites for hydroxylation is 1. The topological polar surface area (TPSA) is 60.7 Å². The summed E-state index contributed by atoms with van der Waals surface area (Å²) in [5.41, 5.74) is 1.94. The van der Waals surface area contributed by atoms with Gasteiger partial charge in [0.15, 0.2) is 0 Å². The molecule has 0 saturated heterocycles. The zero-order valence-electron chi connectivity index (χ0n) is 15.1. The SMILES string of the molecule is Cc1cccn2c(=O)cc(COC(=O)C3C4CC5CC(C4)CC3C5)nc12. The lowest BCUT2D eigenvalue weighted by atomic mass is 9.52. The van der Waals surface area contributed by atoms with Crippen LogP contribution in [0.4, 0.5) is 0 Å². The zero-order chi connectivity index (χ0) is 17.8. The van der Waals surface area contributed by atoms with E-state index in [-0.39, 0.29) is 24.1 Å². The fourth-order valence-corrected chi connectivity index (χ4v) is 5.93. The molecule has 2 aromatic rings. The van der Waals surface area contributed by atoms with Crippen molar-refractivity contribution in [3.05, 3.63) is 46.0 Å². The number of hydrogen-bond donors (Lipinski definition) is 0. The van der Waals surface area contributed by atoms with Crippen LogP contribution in [0, 0.1) is 36.5 Å². The van der Waals surface area contributed by atoms with E-state index in [9.17, 15) is 9.59 Å². The van der Waals surface area contributed by atoms with Gasteiger partial charge in [-0.1, -0.05) is 6.07 Å². The van der Waals surface area contributed by atoms with Crippen molar-refractivity contribution in [3.63, 3.8) is 0 Å². The van der Waals surface area contributed by atoms with Gasteiger partial charge >= 0.3 is 5.97 Å². The molecule has 0 N–H and O–H groups in total. The van der Waals surface area contributed by atoms with Crippen molar-refractivity contribution in [2.45, 2.75) is 45.6 Å². The molecule has 6 rings (SSSR count). The van der Waals surface area contributed by atoms with E-state index in [2.05, 4.69) is 4.98 Å². The minimum Gasteiger partial charge on any atom is -0.459 e. The highest BCUT2D eigenvalue weighted by Gasteiger charge is 2.51. The summed E-state index contributed by atoms with van der Waals surface area (Å²) in [6.45, 7) is 2.01. The molecular formula is C21H24N2O3. The van der Waals surface area contributed by atoms with Crippen molar-refractivity contribution in [1.29, 1.82) is 0 Å². The highest BCUT2D eigenvalue weighted by molar-refractivity contribution is 5.73. The Morgan fingerprint density at radius 3 is 2.58 bits per heavy atom. The number of esters is 1. The lowest BCUT2D eigenvalue weighted by molar-refractivity contribution is -0.163. The van der Waals surface area contributed by atoms with Gasteiger partial charge in [-0.25, -0.2) is 4.98 Å². The van der Waals surface area contributed by atoms with Crippen LogP contribution in [-0.4, -0.2) is 15.4 Å². The van der Waals surface area contributed by atoms with Crippen molar-refractivity contribution < 1.29 is 9.53 Å². The monoisotopic (exact) mass is 352 g/mol. The Morgan fingerprint density at radius 2 is 1.88 bits per heavy atom. The van der Waals surface area contributed by atoms with Gasteiger partial charge in [0, 0.05) is 12.3 Å². The Balaban J connectivity index is 1.33. The maximum absolute atomic E-state index is 12.8. The average Bonchev–Trinajstić information content (AvgIpc) is 2.60. The van der Waals surface area contributed by atoms with Gasteiger partial charge < -0.3 is 4.74 Å². The highest BCUT2D eigenvalue weighted by Crippen LogP contribution is 2.56. The summed E-state index contributed by atoms with van der Waals surface area (Å²) >= 11 is 0. The summed E-state index contributed by atoms with van der Waals surface area (Å²) in [4.78, 5) is 29.6. The van der Waals surface area contributed by atoms with Crippen LogP contribution in [0.1, 0.15) is 43.4 Å². The van der Waals surface area contributed by atoms with Crippen LogP contribution < -0.4 is 5.56 Å². The largest absolute Gasteiger partial charge is 0.459 e. The molecule has 26 heavy (non-hydrogen) atoms. The second-order valence-electron chi connectivity index (χ2n) is 8.53. The van der Waals surface area contributed by atoms with E-state index in [0.717, 1.165) is 17.4 Å². The van der Waals surface area contributed by atoms with Gasteiger partial charge in [0.1, 0.15) is 12.3 Å². The van der Waals surface area contributed by atoms with E-state index < -0.39 is 0 Å². The first-order valence-corrected chi connectivity index (χ1v) is 9.73. The van der Waals surface area contributed by atoms with Crippen molar-refractivity contribution in [1.82, 2.24) is 9.38 Å². The molecule has 2 aromatic heterocycles. The molecule has 2 heterocycles. The summed E-state index contributed by atoms with van der Waals surface area (Å²) in [6, 6.07) is 5.22. The van der Waals surface area contributed by atoms with Crippen LogP contribution in [0.15, 0.2) is 29.2 Å². The molecule has 0 atom stereocenters. The van der Waals surface area contributed by atoms with E-state index in [4.69, 9.17) is 4.74 Å². The first-order chi connectivity index (χ1) is 12.6. The molecule has 4 aliphatic rings. The number of pyridine rings is 1. The number of ether oxygens (including phenoxy) is 1. The molecule has 5 heteroatoms. The van der Waals surface area contributed by atoms with E-state index in [1.54, 1.807) is 6.20 Å². The summed E-state index contributed by atoms with van der Waals surface area (Å²) in [5.74, 6) is 2.68. The molecule has 0 radical (unpaired) electrons. The van der Waals surface area contributed by atoms with E-state index in [1.807, 2.05) is 19.1 Å². The van der Waals surface area contributed by atoms with Gasteiger partial charge in [-0.2, -0.15) is 0 Å². The van der Waals surface area contributed by atoms with Crippen LogP contribution in [0.25, 0.3) is 5.65 Å². The van der Waals surface area contributed by atoms with Crippen molar-refractivity contribution in [3.8, 4) is 0 Å². The van der Waals surface area contributed by atoms with E-state index in [1.165, 1.54) is 42.6 Å². The zero-order valence-corrected chi connectivity index (χ0v) is 15.1. The summed E-state index contributed by atoms with van der Waals surface area (Å²) in [7, 11) is 0. The minimum atomic E-state index is -0.139. The maximum atomic E-state index is 12.8. The Hall–Kier alpha value is -2.17. The summed E-state index contributed by atoms with van der Waals surface area (Å²) < 4.78 is 7.17. The van der Waals surface area contributed by atoms with Gasteiger partial charge in [0.05, 0.1) is 11.6 Å². The normalized spacial score (nSPS) is 32.1. The number of carbonyl (C=O) groups excluding carboxylic acids is 1. The smallest absolute Gasteiger partial charge is 0.309 e. The predicted molar refractivity (Wildman–Crippen MR) is 96.5 cm³/mol. The third-order valence-electron chi connectivity index (χ3n) is 6.80. The van der Waals surface area contributed by atoms with Gasteiger partial charge in [-0.05, 0) is 74.3 Å². The average molecular weight is 352 g/mol. The number of carbonyl (C=O) groups is 1. The molecule has 136 valence electrons. The summed E-state index contributed by atoms with van der Waals surface area (Å²) in [6.07, 6.45) is 7.87. The van der Waals surface area contributed by atoms with Crippen molar-refractivity contribution in [2.75, 3.05) is 0 Å². The van der Waals surface area contributed by atoms with E-state index >= 15 is 0 Å². The highest BCUT2D eigenvalue weighted by atomic mass is 16.5. The molecule has 5 nitrogen and oxygen atoms in total. The molecule has 0 aromatic carbocycles. The number of rotatable bonds is 3. The quantitative estimate of drug-likeness (QED) is 0.797. The Bertz CT molecular complexity index is 904. The molecule has 0 aliphatic heterocycles. The lowest BCUT2D eigenvalue weighted by Crippen LogP contribution is -2.48. The second-order valence-corrected chi connectivity index (χ2v) is 8.53. The third kappa shape index (κ3) is 2.56. The lowest BCUT2D eigenvalue weighted by Gasteiger charge is -2.53. The van der Waals surface area contributed by atoms with Crippen molar-refractivity contribution >= 4 is 11.6 Å². The summed E-state index contributed by atoms with van der Waals surface area (Å²) in [5, 5.41) is 0.